The number of carbonyl (C=O) groups is 9. The first kappa shape index (κ1) is 92.8. The predicted molar refractivity (Wildman–Crippen MR) is 431 cm³/mol. The summed E-state index contributed by atoms with van der Waals surface area (Å²) in [5.74, 6) is -20.0. The Morgan fingerprint density at radius 1 is 0.726 bits per heavy atom. The maximum Gasteiger partial charge on any atom is 0.573 e. The number of carboxylic acids is 1. The number of piperazine rings is 1. The van der Waals surface area contributed by atoms with Gasteiger partial charge in [-0.2, -0.15) is 0 Å². The number of benzene rings is 6. The molecule has 18 atom stereocenters. The van der Waals surface area contributed by atoms with Crippen LogP contribution in [0.4, 0.5) is 13.2 Å². The van der Waals surface area contributed by atoms with Crippen LogP contribution in [0.3, 0.4) is 0 Å². The van der Waals surface area contributed by atoms with Crippen molar-refractivity contribution >= 4 is 76.1 Å². The number of phenolic OH excluding ortho intramolecular Hbond substituents is 3. The standard InChI is InChI=1S/C85H97Cl2F3N8O26/c1-6-41(23-38(2)3)78(112)95-69-57(104)28-46(31-64(91)106)79(113)93-67-45-29-61(119-59-15-10-43(71(69)107)26-53(59)86)75(62(30-45)120-60-16-11-44(27-54(60)87)72(108)70-81(115)94-68(82(116)117)52-32-47(100)33-56(103)66(52)51-25-42(9-14-55(51)102)50(34-58(67)105)80(114)96-70)123-83-76(74(110)73(109)63(37-99)121-83)122-65-35-84(5,77(111)39(4)118-65)92-17-18-97-19-21-98(22-20-97)36-48(101)24-40-7-12-49(13-8-40)124-85(88,89)90/h7-16,25-27,29-30,32-33,38-39,41,46,50,63,65,67-74,76-77,83,92,99-100,102-103,107-111H,6,17-24,28,31,34-37H2,1-5H3,(H2,91,106)(H,93,113)(H,94,115)(H,95,112)(H,96,114)(H,116,117)/t39-,41+,46?,50?,63+,65-,67?,68+,69-,70-,71+,72+,73+,74-,76+,77+,83-,84-/m0/s1. The van der Waals surface area contributed by atoms with E-state index in [9.17, 15) is 88.2 Å². The third kappa shape index (κ3) is 21.6. The lowest BCUT2D eigenvalue weighted by atomic mass is 9.84. The van der Waals surface area contributed by atoms with E-state index in [0.717, 1.165) is 72.8 Å². The lowest BCUT2D eigenvalue weighted by Gasteiger charge is -2.48. The minimum absolute atomic E-state index is 0.0182. The Balaban J connectivity index is 0.953. The van der Waals surface area contributed by atoms with Crippen LogP contribution in [-0.4, -0.2) is 239 Å². The number of ketones is 3. The summed E-state index contributed by atoms with van der Waals surface area (Å²) in [7, 11) is 0. The fraction of sp³-hybridized carbons (Fsp3) is 0.471. The number of aliphatic hydroxyl groups excluding tert-OH is 6. The largest absolute Gasteiger partial charge is 0.573 e. The molecule has 3 unspecified atom stereocenters. The molecule has 11 bridgehead atoms. The Morgan fingerprint density at radius 3 is 1.97 bits per heavy atom. The maximum absolute atomic E-state index is 16.4. The van der Waals surface area contributed by atoms with Crippen LogP contribution in [0.2, 0.25) is 10.0 Å². The minimum atomic E-state index is -4.87. The number of carbonyl (C=O) groups excluding carboxylic acids is 8. The molecule has 5 amide bonds. The van der Waals surface area contributed by atoms with Crippen molar-refractivity contribution in [1.29, 1.82) is 0 Å². The number of hydrogen-bond acceptors (Lipinski definition) is 28. The number of carboxylic acid groups (broad SMARTS) is 1. The zero-order chi connectivity index (χ0) is 89.8. The van der Waals surface area contributed by atoms with Gasteiger partial charge in [-0.1, -0.05) is 74.3 Å². The molecule has 668 valence electrons. The molecule has 0 spiro atoms. The second-order valence-electron chi connectivity index (χ2n) is 32.4. The average Bonchev–Trinajstić information content (AvgIpc) is 0.761. The molecule has 0 radical (unpaired) electrons. The van der Waals surface area contributed by atoms with Gasteiger partial charge < -0.3 is 117 Å². The van der Waals surface area contributed by atoms with Crippen molar-refractivity contribution in [2.24, 2.45) is 23.5 Å². The number of primary amides is 1. The number of rotatable bonds is 22. The maximum atomic E-state index is 16.4. The summed E-state index contributed by atoms with van der Waals surface area (Å²) in [5.41, 5.74) is 2.54. The van der Waals surface area contributed by atoms with E-state index in [1.165, 1.54) is 30.3 Å². The normalized spacial score (nSPS) is 27.4. The molecule has 8 heterocycles. The molecule has 3 fully saturated rings. The number of aromatic hydroxyl groups is 3. The zero-order valence-electron chi connectivity index (χ0n) is 67.7. The topological polar surface area (TPSA) is 513 Å². The molecule has 17 N–H and O–H groups in total. The third-order valence-corrected chi connectivity index (χ3v) is 23.5. The Labute approximate surface area is 717 Å². The second-order valence-corrected chi connectivity index (χ2v) is 33.2. The monoisotopic (exact) mass is 1770 g/mol. The number of Topliss-reactive ketones (excluding diaryl/α,β-unsaturated/α-hetero) is 3. The molecule has 8 aliphatic heterocycles. The molecule has 0 aliphatic carbocycles. The molecule has 0 aromatic heterocycles. The van der Waals surface area contributed by atoms with Crippen LogP contribution in [0.1, 0.15) is 137 Å². The highest BCUT2D eigenvalue weighted by Crippen LogP contribution is 2.51. The molecule has 3 saturated heterocycles. The quantitative estimate of drug-likeness (QED) is 0.0400. The lowest BCUT2D eigenvalue weighted by Crippen LogP contribution is -2.66. The number of phenols is 3. The third-order valence-electron chi connectivity index (χ3n) is 23.0. The van der Waals surface area contributed by atoms with Crippen molar-refractivity contribution in [3.63, 3.8) is 0 Å². The first-order chi connectivity index (χ1) is 58.7. The van der Waals surface area contributed by atoms with Crippen molar-refractivity contribution in [2.45, 2.75) is 183 Å². The van der Waals surface area contributed by atoms with E-state index < -0.39 is 261 Å². The number of alkyl halides is 3. The SMILES string of the molecule is CC[C@H](CC(C)C)C(=O)N[C@H]1C(=O)CC(CC(N)=O)C(=O)NC2C(=O)CC3C(=O)N[C@H](C(=O)N[C@@H](C(=O)O)c4cc(O)cc(O)c4-c4cc3ccc4O)[C@H](O)c3ccc(c(Cl)c3)Oc3cc2cc(c3O[C@@H]2O[C@H](CO)[C@@H](O)[C@H](O)[C@H]2O[C@H]2C[C@](C)(NCCN3CCN(CC(=O)Cc4ccc(OC(F)(F)F)cc4)CC3)[C@H](O)[C@H](C)O2)Oc2ccc(cc2Cl)[C@H]1O. The Kier molecular flexibility index (Phi) is 29.2. The number of aliphatic carboxylic acids is 1. The number of nitrogens with two attached hydrogens (primary N) is 1. The van der Waals surface area contributed by atoms with Gasteiger partial charge in [0.1, 0.15) is 83.1 Å². The Hall–Kier alpha value is -10.4. The van der Waals surface area contributed by atoms with Crippen LogP contribution in [0.25, 0.3) is 11.1 Å². The summed E-state index contributed by atoms with van der Waals surface area (Å²) in [6.45, 7) is 10.5. The van der Waals surface area contributed by atoms with E-state index in [4.69, 9.17) is 57.4 Å². The summed E-state index contributed by atoms with van der Waals surface area (Å²) >= 11 is 14.3. The summed E-state index contributed by atoms with van der Waals surface area (Å²) in [6.07, 6.45) is -25.3. The molecular formula is C85H97Cl2F3N8O26. The second kappa shape index (κ2) is 39.0. The van der Waals surface area contributed by atoms with Gasteiger partial charge in [-0.15, -0.1) is 13.2 Å². The van der Waals surface area contributed by atoms with E-state index in [1.807, 2.05) is 18.7 Å². The number of nitrogens with one attached hydrogen (secondary N) is 5. The number of hydrogen-bond donors (Lipinski definition) is 16. The van der Waals surface area contributed by atoms with Gasteiger partial charge in [-0.3, -0.25) is 48.2 Å². The van der Waals surface area contributed by atoms with Crippen LogP contribution in [-0.2, 0) is 63.8 Å². The van der Waals surface area contributed by atoms with Crippen molar-refractivity contribution in [2.75, 3.05) is 52.4 Å². The average molecular weight is 1770 g/mol. The molecule has 0 saturated carbocycles. The number of fused-ring (bicyclic) bond motifs is 15. The van der Waals surface area contributed by atoms with Crippen LogP contribution in [0.5, 0.6) is 51.7 Å². The van der Waals surface area contributed by atoms with Gasteiger partial charge in [0.15, 0.2) is 47.3 Å². The molecule has 34 nitrogen and oxygen atoms in total. The van der Waals surface area contributed by atoms with E-state index >= 15 is 19.2 Å². The van der Waals surface area contributed by atoms with Gasteiger partial charge in [-0.05, 0) is 127 Å². The smallest absolute Gasteiger partial charge is 0.508 e. The number of nitrogens with zero attached hydrogens (tertiary/aromatic N) is 2. The van der Waals surface area contributed by atoms with Gasteiger partial charge in [0, 0.05) is 106 Å². The van der Waals surface area contributed by atoms with E-state index in [-0.39, 0.29) is 71.5 Å². The van der Waals surface area contributed by atoms with Crippen LogP contribution < -0.4 is 51.3 Å². The van der Waals surface area contributed by atoms with Gasteiger partial charge in [0.2, 0.25) is 41.6 Å². The van der Waals surface area contributed by atoms with Gasteiger partial charge >= 0.3 is 12.3 Å². The van der Waals surface area contributed by atoms with E-state index in [2.05, 4.69) is 36.2 Å². The highest BCUT2D eigenvalue weighted by molar-refractivity contribution is 6.32. The van der Waals surface area contributed by atoms with Crippen molar-refractivity contribution in [3.05, 3.63) is 147 Å². The zero-order valence-corrected chi connectivity index (χ0v) is 69.2. The molecule has 6 aromatic carbocycles. The van der Waals surface area contributed by atoms with Crippen molar-refractivity contribution < 1.29 is 141 Å². The summed E-state index contributed by atoms with van der Waals surface area (Å²) in [6, 6.07) is 10.5. The van der Waals surface area contributed by atoms with Gasteiger partial charge in [0.25, 0.3) is 0 Å². The minimum Gasteiger partial charge on any atom is -0.508 e. The van der Waals surface area contributed by atoms with E-state index in [0.29, 0.717) is 44.7 Å². The molecule has 6 aromatic rings. The van der Waals surface area contributed by atoms with Gasteiger partial charge in [-0.25, -0.2) is 4.79 Å². The molecule has 39 heteroatoms. The number of ether oxygens (including phenoxy) is 7. The molecule has 14 rings (SSSR count). The highest BCUT2D eigenvalue weighted by Gasteiger charge is 2.53. The van der Waals surface area contributed by atoms with Crippen LogP contribution >= 0.6 is 23.2 Å². The lowest BCUT2D eigenvalue weighted by molar-refractivity contribution is -0.334. The summed E-state index contributed by atoms with van der Waals surface area (Å²) in [5, 5.41) is 130. The molecular weight excluding hydrogens is 1680 g/mol. The van der Waals surface area contributed by atoms with Gasteiger partial charge in [0.05, 0.1) is 47.2 Å². The molecule has 8 aliphatic rings. The summed E-state index contributed by atoms with van der Waals surface area (Å²) in [4.78, 5) is 136. The number of halogens is 5. The van der Waals surface area contributed by atoms with Crippen molar-refractivity contribution in [3.8, 4) is 62.9 Å². The van der Waals surface area contributed by atoms with Crippen LogP contribution in [0.15, 0.2) is 103 Å². The number of amides is 5. The Morgan fingerprint density at radius 2 is 1.36 bits per heavy atom. The summed E-state index contributed by atoms with van der Waals surface area (Å²) < 4.78 is 81.8. The fourth-order valence-electron chi connectivity index (χ4n) is 16.4. The predicted octanol–water partition coefficient (Wildman–Crippen LogP) is 5.48. The number of aliphatic hydroxyl groups is 6. The molecule has 124 heavy (non-hydrogen) atoms. The highest BCUT2D eigenvalue weighted by atomic mass is 35.5. The first-order valence-corrected chi connectivity index (χ1v) is 40.9. The Bertz CT molecular complexity index is 5010. The fourth-order valence-corrected chi connectivity index (χ4v) is 16.8. The van der Waals surface area contributed by atoms with Crippen LogP contribution in [0, 0.1) is 17.8 Å². The first-order valence-electron chi connectivity index (χ1n) is 40.2. The van der Waals surface area contributed by atoms with E-state index in [1.54, 1.807) is 20.8 Å². The van der Waals surface area contributed by atoms with Crippen molar-refractivity contribution in [1.82, 2.24) is 36.4 Å².